The van der Waals surface area contributed by atoms with Gasteiger partial charge in [-0.1, -0.05) is 0 Å². The van der Waals surface area contributed by atoms with E-state index in [1.165, 1.54) is 0 Å². The molecule has 17 heavy (non-hydrogen) atoms. The van der Waals surface area contributed by atoms with Gasteiger partial charge in [0.2, 0.25) is 0 Å². The second kappa shape index (κ2) is 4.98. The molecule has 0 bridgehead atoms. The molecule has 94 valence electrons. The van der Waals surface area contributed by atoms with Crippen LogP contribution in [0.1, 0.15) is 24.7 Å². The number of aryl methyl sites for hydroxylation is 2. The molecule has 1 fully saturated rings. The van der Waals surface area contributed by atoms with E-state index in [0.717, 1.165) is 23.6 Å². The average Bonchev–Trinajstić information content (AvgIpc) is 2.30. The van der Waals surface area contributed by atoms with Gasteiger partial charge in [0.25, 0.3) is 0 Å². The Morgan fingerprint density at radius 3 is 2.94 bits per heavy atom. The summed E-state index contributed by atoms with van der Waals surface area (Å²) in [6, 6.07) is 0.276. The third-order valence-electron chi connectivity index (χ3n) is 3.13. The van der Waals surface area contributed by atoms with Gasteiger partial charge < -0.3 is 15.8 Å². The van der Waals surface area contributed by atoms with E-state index in [2.05, 4.69) is 15.3 Å². The van der Waals surface area contributed by atoms with Gasteiger partial charge in [-0.15, -0.1) is 0 Å². The fourth-order valence-corrected chi connectivity index (χ4v) is 2.06. The lowest BCUT2D eigenvalue weighted by Crippen LogP contribution is -2.60. The van der Waals surface area contributed by atoms with Gasteiger partial charge in [0.15, 0.2) is 0 Å². The zero-order chi connectivity index (χ0) is 12.4. The summed E-state index contributed by atoms with van der Waals surface area (Å²) >= 11 is 0. The zero-order valence-corrected chi connectivity index (χ0v) is 10.6. The molecular weight excluding hydrogens is 216 g/mol. The Kier molecular flexibility index (Phi) is 3.59. The van der Waals surface area contributed by atoms with E-state index in [-0.39, 0.29) is 18.2 Å². The third-order valence-corrected chi connectivity index (χ3v) is 3.13. The maximum absolute atomic E-state index is 5.99. The molecule has 2 rings (SSSR count). The number of anilines is 1. The molecular formula is C12H20N4O. The van der Waals surface area contributed by atoms with Gasteiger partial charge in [-0.3, -0.25) is 4.98 Å². The fourth-order valence-electron chi connectivity index (χ4n) is 2.06. The standard InChI is InChI=1S/C12H20N4O/c1-4-17-10-5-9(13)11(10)16-12-8(3)14-6-7(2)15-12/h6,9-11H,4-5,13H2,1-3H3,(H,15,16). The number of hydrogen-bond acceptors (Lipinski definition) is 5. The summed E-state index contributed by atoms with van der Waals surface area (Å²) in [5.74, 6) is 0.815. The molecule has 0 aliphatic heterocycles. The number of hydrogen-bond donors (Lipinski definition) is 2. The zero-order valence-electron chi connectivity index (χ0n) is 10.6. The molecule has 0 amide bonds. The molecule has 1 aromatic heterocycles. The highest BCUT2D eigenvalue weighted by Gasteiger charge is 2.39. The van der Waals surface area contributed by atoms with Crippen molar-refractivity contribution >= 4 is 5.82 Å². The Balaban J connectivity index is 2.06. The van der Waals surface area contributed by atoms with E-state index in [1.807, 2.05) is 20.8 Å². The van der Waals surface area contributed by atoms with Gasteiger partial charge in [0, 0.05) is 18.8 Å². The molecule has 0 radical (unpaired) electrons. The summed E-state index contributed by atoms with van der Waals surface area (Å²) in [7, 11) is 0. The number of aromatic nitrogens is 2. The largest absolute Gasteiger partial charge is 0.376 e. The molecule has 0 aromatic carbocycles. The Hall–Kier alpha value is -1.20. The smallest absolute Gasteiger partial charge is 0.148 e. The molecule has 1 aliphatic carbocycles. The predicted molar refractivity (Wildman–Crippen MR) is 66.9 cm³/mol. The van der Waals surface area contributed by atoms with Crippen molar-refractivity contribution in [3.05, 3.63) is 17.6 Å². The second-order valence-corrected chi connectivity index (χ2v) is 4.51. The van der Waals surface area contributed by atoms with Crippen molar-refractivity contribution in [1.82, 2.24) is 9.97 Å². The van der Waals surface area contributed by atoms with Gasteiger partial charge >= 0.3 is 0 Å². The summed E-state index contributed by atoms with van der Waals surface area (Å²) in [6.07, 6.45) is 2.86. The summed E-state index contributed by atoms with van der Waals surface area (Å²) in [4.78, 5) is 8.72. The minimum absolute atomic E-state index is 0.133. The minimum Gasteiger partial charge on any atom is -0.376 e. The second-order valence-electron chi connectivity index (χ2n) is 4.51. The van der Waals surface area contributed by atoms with Crippen LogP contribution in [0.25, 0.3) is 0 Å². The Labute approximate surface area is 102 Å². The first kappa shape index (κ1) is 12.3. The number of ether oxygens (including phenoxy) is 1. The number of nitrogens with one attached hydrogen (secondary N) is 1. The SMILES string of the molecule is CCOC1CC(N)C1Nc1nc(C)cnc1C. The van der Waals surface area contributed by atoms with Crippen molar-refractivity contribution < 1.29 is 4.74 Å². The maximum Gasteiger partial charge on any atom is 0.148 e. The molecule has 1 aromatic rings. The Morgan fingerprint density at radius 1 is 1.53 bits per heavy atom. The lowest BCUT2D eigenvalue weighted by atomic mass is 9.83. The van der Waals surface area contributed by atoms with Crippen LogP contribution in [0.15, 0.2) is 6.20 Å². The van der Waals surface area contributed by atoms with E-state index < -0.39 is 0 Å². The van der Waals surface area contributed by atoms with Crippen LogP contribution in [0.4, 0.5) is 5.82 Å². The topological polar surface area (TPSA) is 73.1 Å². The quantitative estimate of drug-likeness (QED) is 0.816. The van der Waals surface area contributed by atoms with Crippen molar-refractivity contribution in [2.45, 2.75) is 45.4 Å². The van der Waals surface area contributed by atoms with Gasteiger partial charge in [-0.05, 0) is 27.2 Å². The highest BCUT2D eigenvalue weighted by Crippen LogP contribution is 2.26. The third kappa shape index (κ3) is 2.56. The first-order valence-corrected chi connectivity index (χ1v) is 6.05. The predicted octanol–water partition coefficient (Wildman–Crippen LogP) is 1.01. The van der Waals surface area contributed by atoms with Crippen molar-refractivity contribution in [2.75, 3.05) is 11.9 Å². The van der Waals surface area contributed by atoms with Crippen molar-refractivity contribution in [1.29, 1.82) is 0 Å². The van der Waals surface area contributed by atoms with E-state index >= 15 is 0 Å². The summed E-state index contributed by atoms with van der Waals surface area (Å²) < 4.78 is 5.61. The molecule has 1 aliphatic rings. The molecule has 3 unspecified atom stereocenters. The molecule has 3 atom stereocenters. The van der Waals surface area contributed by atoms with Crippen LogP contribution in [-0.2, 0) is 4.74 Å². The lowest BCUT2D eigenvalue weighted by molar-refractivity contribution is -0.0127. The summed E-state index contributed by atoms with van der Waals surface area (Å²) in [5.41, 5.74) is 7.78. The molecule has 3 N–H and O–H groups in total. The van der Waals surface area contributed by atoms with E-state index in [9.17, 15) is 0 Å². The summed E-state index contributed by atoms with van der Waals surface area (Å²) in [6.45, 7) is 6.58. The van der Waals surface area contributed by atoms with Gasteiger partial charge in [-0.25, -0.2) is 4.98 Å². The number of rotatable bonds is 4. The monoisotopic (exact) mass is 236 g/mol. The molecule has 1 saturated carbocycles. The van der Waals surface area contributed by atoms with E-state index in [4.69, 9.17) is 10.5 Å². The minimum atomic E-state index is 0.133. The lowest BCUT2D eigenvalue weighted by Gasteiger charge is -2.42. The molecule has 0 spiro atoms. The number of nitrogens with zero attached hydrogens (tertiary/aromatic N) is 2. The molecule has 0 saturated heterocycles. The van der Waals surface area contributed by atoms with Gasteiger partial charge in [-0.2, -0.15) is 0 Å². The van der Waals surface area contributed by atoms with Crippen molar-refractivity contribution in [3.63, 3.8) is 0 Å². The van der Waals surface area contributed by atoms with E-state index in [0.29, 0.717) is 6.61 Å². The van der Waals surface area contributed by atoms with Gasteiger partial charge in [0.05, 0.1) is 23.5 Å². The van der Waals surface area contributed by atoms with Crippen molar-refractivity contribution in [2.24, 2.45) is 5.73 Å². The highest BCUT2D eigenvalue weighted by molar-refractivity contribution is 5.42. The molecule has 5 heteroatoms. The first-order valence-electron chi connectivity index (χ1n) is 6.05. The van der Waals surface area contributed by atoms with Gasteiger partial charge in [0.1, 0.15) is 5.82 Å². The Bertz CT molecular complexity index is 394. The highest BCUT2D eigenvalue weighted by atomic mass is 16.5. The fraction of sp³-hybridized carbons (Fsp3) is 0.667. The summed E-state index contributed by atoms with van der Waals surface area (Å²) in [5, 5.41) is 3.35. The van der Waals surface area contributed by atoms with Crippen LogP contribution in [0.2, 0.25) is 0 Å². The maximum atomic E-state index is 5.99. The number of nitrogens with two attached hydrogens (primary N) is 1. The van der Waals surface area contributed by atoms with Crippen LogP contribution in [0.3, 0.4) is 0 Å². The normalized spacial score (nSPS) is 27.6. The van der Waals surface area contributed by atoms with Crippen LogP contribution in [-0.4, -0.2) is 34.8 Å². The Morgan fingerprint density at radius 2 is 2.29 bits per heavy atom. The van der Waals surface area contributed by atoms with Crippen LogP contribution >= 0.6 is 0 Å². The van der Waals surface area contributed by atoms with Crippen LogP contribution in [0.5, 0.6) is 0 Å². The van der Waals surface area contributed by atoms with Crippen molar-refractivity contribution in [3.8, 4) is 0 Å². The molecule has 1 heterocycles. The average molecular weight is 236 g/mol. The van der Waals surface area contributed by atoms with Crippen LogP contribution in [0, 0.1) is 13.8 Å². The van der Waals surface area contributed by atoms with Crippen LogP contribution < -0.4 is 11.1 Å². The molecule has 5 nitrogen and oxygen atoms in total. The van der Waals surface area contributed by atoms with E-state index in [1.54, 1.807) is 6.20 Å². The first-order chi connectivity index (χ1) is 8.11.